The van der Waals surface area contributed by atoms with E-state index in [4.69, 9.17) is 9.47 Å². The average molecular weight is 469 g/mol. The maximum Gasteiger partial charge on any atom is 0.323 e. The second-order valence-corrected chi connectivity index (χ2v) is 9.19. The van der Waals surface area contributed by atoms with Gasteiger partial charge < -0.3 is 30.3 Å². The van der Waals surface area contributed by atoms with E-state index < -0.39 is 6.03 Å². The number of anilines is 3. The maximum absolute atomic E-state index is 13.1. The lowest BCUT2D eigenvalue weighted by Gasteiger charge is -2.33. The summed E-state index contributed by atoms with van der Waals surface area (Å²) in [7, 11) is 3.10. The Morgan fingerprint density at radius 3 is 2.18 bits per heavy atom. The summed E-state index contributed by atoms with van der Waals surface area (Å²) in [5.74, 6) is 2.03. The van der Waals surface area contributed by atoms with Crippen molar-refractivity contribution in [3.63, 3.8) is 0 Å². The lowest BCUT2D eigenvalue weighted by molar-refractivity contribution is 0.0949. The van der Waals surface area contributed by atoms with Gasteiger partial charge in [0.25, 0.3) is 5.91 Å². The molecule has 3 rings (SSSR count). The van der Waals surface area contributed by atoms with E-state index in [1.54, 1.807) is 38.5 Å². The van der Waals surface area contributed by atoms with Crippen LogP contribution in [0.3, 0.4) is 0 Å². The molecule has 3 amide bonds. The minimum Gasteiger partial charge on any atom is -0.497 e. The average Bonchev–Trinajstić information content (AvgIpc) is 2.82. The van der Waals surface area contributed by atoms with Crippen LogP contribution in [0, 0.1) is 11.8 Å². The molecule has 1 aliphatic rings. The first-order valence-electron chi connectivity index (χ1n) is 11.8. The number of rotatable bonds is 8. The summed E-state index contributed by atoms with van der Waals surface area (Å²) in [4.78, 5) is 28.0. The summed E-state index contributed by atoms with van der Waals surface area (Å²) in [5, 5.41) is 8.63. The van der Waals surface area contributed by atoms with Crippen molar-refractivity contribution >= 4 is 29.0 Å². The van der Waals surface area contributed by atoms with Crippen molar-refractivity contribution in [2.24, 2.45) is 11.8 Å². The number of ether oxygens (including phenoxy) is 2. The highest BCUT2D eigenvalue weighted by Gasteiger charge is 2.22. The first kappa shape index (κ1) is 25.2. The predicted molar refractivity (Wildman–Crippen MR) is 136 cm³/mol. The van der Waals surface area contributed by atoms with Gasteiger partial charge >= 0.3 is 6.03 Å². The van der Waals surface area contributed by atoms with Gasteiger partial charge in [0.1, 0.15) is 11.5 Å². The third-order valence-electron chi connectivity index (χ3n) is 5.90. The number of hydrogen-bond donors (Lipinski definition) is 3. The highest BCUT2D eigenvalue weighted by atomic mass is 16.5. The van der Waals surface area contributed by atoms with Gasteiger partial charge in [-0.25, -0.2) is 4.79 Å². The summed E-state index contributed by atoms with van der Waals surface area (Å²) >= 11 is 0. The van der Waals surface area contributed by atoms with Crippen molar-refractivity contribution in [3.05, 3.63) is 42.0 Å². The van der Waals surface area contributed by atoms with E-state index in [0.29, 0.717) is 46.8 Å². The fraction of sp³-hybridized carbons (Fsp3) is 0.462. The third-order valence-corrected chi connectivity index (χ3v) is 5.90. The fourth-order valence-corrected chi connectivity index (χ4v) is 3.89. The lowest BCUT2D eigenvalue weighted by atomic mass is 9.97. The van der Waals surface area contributed by atoms with E-state index >= 15 is 0 Å². The number of nitrogens with one attached hydrogen (secondary N) is 3. The molecular weight excluding hydrogens is 432 g/mol. The van der Waals surface area contributed by atoms with Crippen LogP contribution < -0.4 is 30.3 Å². The smallest absolute Gasteiger partial charge is 0.323 e. The summed E-state index contributed by atoms with van der Waals surface area (Å²) in [6, 6.07) is 10.2. The van der Waals surface area contributed by atoms with E-state index in [0.717, 1.165) is 31.6 Å². The molecule has 0 atom stereocenters. The number of carbonyl (C=O) groups excluding carboxylic acids is 2. The summed E-state index contributed by atoms with van der Waals surface area (Å²) < 4.78 is 10.5. The maximum atomic E-state index is 13.1. The molecule has 2 aromatic carbocycles. The Morgan fingerprint density at radius 1 is 0.971 bits per heavy atom. The van der Waals surface area contributed by atoms with Crippen LogP contribution in [0.5, 0.6) is 11.5 Å². The predicted octanol–water partition coefficient (Wildman–Crippen LogP) is 4.97. The van der Waals surface area contributed by atoms with E-state index in [1.807, 2.05) is 12.1 Å². The molecule has 0 bridgehead atoms. The Hall–Kier alpha value is -3.42. The number of methoxy groups -OCH3 is 2. The van der Waals surface area contributed by atoms with Crippen LogP contribution in [0.15, 0.2) is 36.4 Å². The number of piperidine rings is 1. The molecule has 0 radical (unpaired) electrons. The summed E-state index contributed by atoms with van der Waals surface area (Å²) in [5.41, 5.74) is 2.53. The number of benzene rings is 2. The van der Waals surface area contributed by atoms with Crippen molar-refractivity contribution < 1.29 is 19.1 Å². The monoisotopic (exact) mass is 468 g/mol. The van der Waals surface area contributed by atoms with Gasteiger partial charge in [0, 0.05) is 54.9 Å². The van der Waals surface area contributed by atoms with Crippen LogP contribution >= 0.6 is 0 Å². The third kappa shape index (κ3) is 6.79. The normalized spacial score (nSPS) is 14.0. The molecule has 0 spiro atoms. The van der Waals surface area contributed by atoms with Gasteiger partial charge in [-0.05, 0) is 42.9 Å². The molecule has 0 aromatic heterocycles. The van der Waals surface area contributed by atoms with Gasteiger partial charge in [-0.15, -0.1) is 0 Å². The van der Waals surface area contributed by atoms with Crippen LogP contribution in [0.2, 0.25) is 0 Å². The van der Waals surface area contributed by atoms with Gasteiger partial charge in [-0.1, -0.05) is 20.8 Å². The zero-order chi connectivity index (χ0) is 24.7. The highest BCUT2D eigenvalue weighted by Crippen LogP contribution is 2.29. The number of amides is 3. The summed E-state index contributed by atoms with van der Waals surface area (Å²) in [6.07, 6.45) is 2.19. The Bertz CT molecular complexity index is 978. The minimum atomic E-state index is -0.427. The van der Waals surface area contributed by atoms with Crippen LogP contribution in [-0.2, 0) is 0 Å². The minimum absolute atomic E-state index is 0.135. The molecule has 1 heterocycles. The molecule has 3 N–H and O–H groups in total. The molecule has 34 heavy (non-hydrogen) atoms. The van der Waals surface area contributed by atoms with Gasteiger partial charge in [0.05, 0.1) is 19.8 Å². The van der Waals surface area contributed by atoms with Crippen LogP contribution in [0.4, 0.5) is 21.9 Å². The van der Waals surface area contributed by atoms with Crippen LogP contribution in [0.1, 0.15) is 44.0 Å². The van der Waals surface area contributed by atoms with E-state index in [9.17, 15) is 9.59 Å². The molecule has 8 heteroatoms. The van der Waals surface area contributed by atoms with Crippen molar-refractivity contribution in [2.45, 2.75) is 33.6 Å². The zero-order valence-electron chi connectivity index (χ0n) is 20.7. The molecular formula is C26H36N4O4. The quantitative estimate of drug-likeness (QED) is 0.509. The number of urea groups is 1. The molecule has 2 aromatic rings. The van der Waals surface area contributed by atoms with Crippen LogP contribution in [-0.4, -0.2) is 45.8 Å². The molecule has 8 nitrogen and oxygen atoms in total. The van der Waals surface area contributed by atoms with Gasteiger partial charge in [0.2, 0.25) is 0 Å². The second-order valence-electron chi connectivity index (χ2n) is 9.19. The molecule has 0 saturated carbocycles. The topological polar surface area (TPSA) is 91.9 Å². The van der Waals surface area contributed by atoms with Gasteiger partial charge in [0.15, 0.2) is 0 Å². The highest BCUT2D eigenvalue weighted by molar-refractivity contribution is 6.04. The Morgan fingerprint density at radius 2 is 1.59 bits per heavy atom. The standard InChI is InChI=1S/C26H36N4O4/c1-17(2)16-27-25(31)23-14-19(6-7-24(23)30-10-8-18(3)9-11-30)28-26(32)29-20-12-21(33-4)15-22(13-20)34-5/h6-7,12-15,17-18H,8-11,16H2,1-5H3,(H,27,31)(H2,28,29,32). The molecule has 184 valence electrons. The fourth-order valence-electron chi connectivity index (χ4n) is 3.89. The SMILES string of the molecule is COc1cc(NC(=O)Nc2ccc(N3CCC(C)CC3)c(C(=O)NCC(C)C)c2)cc(OC)c1. The van der Waals surface area contributed by atoms with Crippen molar-refractivity contribution in [1.29, 1.82) is 0 Å². The van der Waals surface area contributed by atoms with Gasteiger partial charge in [-0.2, -0.15) is 0 Å². The Kier molecular flexibility index (Phi) is 8.62. The first-order chi connectivity index (χ1) is 16.3. The summed E-state index contributed by atoms with van der Waals surface area (Å²) in [6.45, 7) is 8.79. The van der Waals surface area contributed by atoms with E-state index in [1.165, 1.54) is 0 Å². The first-order valence-corrected chi connectivity index (χ1v) is 11.8. The largest absolute Gasteiger partial charge is 0.497 e. The molecule has 0 unspecified atom stereocenters. The molecule has 1 saturated heterocycles. The van der Waals surface area contributed by atoms with Crippen LogP contribution in [0.25, 0.3) is 0 Å². The van der Waals surface area contributed by atoms with E-state index in [-0.39, 0.29) is 5.91 Å². The number of nitrogens with zero attached hydrogens (tertiary/aromatic N) is 1. The van der Waals surface area contributed by atoms with Gasteiger partial charge in [-0.3, -0.25) is 4.79 Å². The second kappa shape index (κ2) is 11.6. The zero-order valence-corrected chi connectivity index (χ0v) is 20.7. The van der Waals surface area contributed by atoms with Crippen molar-refractivity contribution in [1.82, 2.24) is 5.32 Å². The molecule has 0 aliphatic carbocycles. The number of hydrogen-bond acceptors (Lipinski definition) is 5. The molecule has 1 aliphatic heterocycles. The Balaban J connectivity index is 1.79. The molecule has 1 fully saturated rings. The van der Waals surface area contributed by atoms with E-state index in [2.05, 4.69) is 41.6 Å². The Labute approximate surface area is 202 Å². The lowest BCUT2D eigenvalue weighted by Crippen LogP contribution is -2.35. The van der Waals surface area contributed by atoms with Crippen molar-refractivity contribution in [3.8, 4) is 11.5 Å². The number of carbonyl (C=O) groups is 2. The van der Waals surface area contributed by atoms with Crippen molar-refractivity contribution in [2.75, 3.05) is 49.4 Å².